The molecule has 9 heteroatoms. The predicted octanol–water partition coefficient (Wildman–Crippen LogP) is 2.61. The van der Waals surface area contributed by atoms with E-state index < -0.39 is 15.8 Å². The van der Waals surface area contributed by atoms with Gasteiger partial charge in [0.15, 0.2) is 11.6 Å². The highest BCUT2D eigenvalue weighted by Crippen LogP contribution is 2.28. The summed E-state index contributed by atoms with van der Waals surface area (Å²) in [7, 11) is -2.63. The van der Waals surface area contributed by atoms with E-state index >= 15 is 0 Å². The van der Waals surface area contributed by atoms with Crippen LogP contribution in [0, 0.1) is 5.82 Å². The van der Waals surface area contributed by atoms with Crippen molar-refractivity contribution in [2.75, 3.05) is 12.8 Å². The van der Waals surface area contributed by atoms with Gasteiger partial charge in [0, 0.05) is 11.4 Å². The normalized spacial score (nSPS) is 11.6. The predicted molar refractivity (Wildman–Crippen MR) is 80.7 cm³/mol. The number of nitrogen functional groups attached to an aromatic ring is 1. The van der Waals surface area contributed by atoms with Crippen molar-refractivity contribution >= 4 is 38.6 Å². The fourth-order valence-corrected chi connectivity index (χ4v) is 3.83. The van der Waals surface area contributed by atoms with Crippen molar-refractivity contribution in [1.29, 1.82) is 0 Å². The molecule has 0 saturated heterocycles. The Hall–Kier alpha value is -1.35. The van der Waals surface area contributed by atoms with Crippen LogP contribution in [-0.4, -0.2) is 15.5 Å². The molecule has 2 aromatic rings. The molecule has 0 saturated carbocycles. The first kappa shape index (κ1) is 16.0. The van der Waals surface area contributed by atoms with E-state index in [-0.39, 0.29) is 22.9 Å². The molecule has 0 atom stereocenters. The first-order chi connectivity index (χ1) is 9.83. The molecule has 0 aliphatic heterocycles. The van der Waals surface area contributed by atoms with Crippen LogP contribution in [0.3, 0.4) is 0 Å². The van der Waals surface area contributed by atoms with Crippen molar-refractivity contribution in [1.82, 2.24) is 4.72 Å². The van der Waals surface area contributed by atoms with Crippen LogP contribution in [0.4, 0.5) is 10.1 Å². The number of anilines is 1. The summed E-state index contributed by atoms with van der Waals surface area (Å²) >= 11 is 7.02. The Kier molecular flexibility index (Phi) is 4.72. The Bertz CT molecular complexity index is 739. The molecule has 0 spiro atoms. The molecule has 0 fully saturated rings. The van der Waals surface area contributed by atoms with Gasteiger partial charge in [-0.25, -0.2) is 17.5 Å². The zero-order chi connectivity index (χ0) is 15.6. The SMILES string of the molecule is COc1c(N)cc(S(=O)(=O)NCc2ccc(Cl)s2)cc1F. The fourth-order valence-electron chi connectivity index (χ4n) is 1.66. The lowest BCUT2D eigenvalue weighted by Crippen LogP contribution is -2.23. The summed E-state index contributed by atoms with van der Waals surface area (Å²) in [6, 6.07) is 5.38. The summed E-state index contributed by atoms with van der Waals surface area (Å²) in [4.78, 5) is 0.478. The van der Waals surface area contributed by atoms with Gasteiger partial charge in [-0.3, -0.25) is 0 Å². The number of thiophene rings is 1. The van der Waals surface area contributed by atoms with Gasteiger partial charge < -0.3 is 10.5 Å². The van der Waals surface area contributed by atoms with Crippen LogP contribution in [0.25, 0.3) is 0 Å². The number of nitrogens with two attached hydrogens (primary N) is 1. The van der Waals surface area contributed by atoms with E-state index in [4.69, 9.17) is 22.1 Å². The van der Waals surface area contributed by atoms with Crippen LogP contribution in [0.15, 0.2) is 29.2 Å². The van der Waals surface area contributed by atoms with Crippen molar-refractivity contribution in [3.05, 3.63) is 39.3 Å². The van der Waals surface area contributed by atoms with Gasteiger partial charge in [0.05, 0.1) is 22.0 Å². The van der Waals surface area contributed by atoms with Gasteiger partial charge in [-0.1, -0.05) is 11.6 Å². The Balaban J connectivity index is 2.23. The zero-order valence-corrected chi connectivity index (χ0v) is 13.3. The van der Waals surface area contributed by atoms with E-state index in [9.17, 15) is 12.8 Å². The van der Waals surface area contributed by atoms with Crippen molar-refractivity contribution in [3.63, 3.8) is 0 Å². The number of nitrogens with one attached hydrogen (secondary N) is 1. The maximum Gasteiger partial charge on any atom is 0.241 e. The van der Waals surface area contributed by atoms with Crippen molar-refractivity contribution in [3.8, 4) is 5.75 Å². The quantitative estimate of drug-likeness (QED) is 0.812. The van der Waals surface area contributed by atoms with Crippen molar-refractivity contribution in [2.45, 2.75) is 11.4 Å². The van der Waals surface area contributed by atoms with E-state index in [2.05, 4.69) is 4.72 Å². The Labute approximate surface area is 130 Å². The van der Waals surface area contributed by atoms with Gasteiger partial charge in [0.1, 0.15) is 0 Å². The van der Waals surface area contributed by atoms with E-state index in [0.717, 1.165) is 17.0 Å². The number of hydrogen-bond acceptors (Lipinski definition) is 5. The molecule has 0 aliphatic rings. The standard InChI is InChI=1S/C12H12ClFN2O3S2/c1-19-12-9(14)4-8(5-10(12)15)21(17,18)16-6-7-2-3-11(13)20-7/h2-5,16H,6,15H2,1H3. The highest BCUT2D eigenvalue weighted by molar-refractivity contribution is 7.89. The lowest BCUT2D eigenvalue weighted by atomic mass is 10.3. The summed E-state index contributed by atoms with van der Waals surface area (Å²) in [6.07, 6.45) is 0. The maximum atomic E-state index is 13.7. The third kappa shape index (κ3) is 3.65. The number of sulfonamides is 1. The van der Waals surface area contributed by atoms with Crippen LogP contribution >= 0.6 is 22.9 Å². The second-order valence-corrected chi connectivity index (χ2v) is 7.62. The number of benzene rings is 1. The van der Waals surface area contributed by atoms with E-state index in [0.29, 0.717) is 4.34 Å². The number of halogens is 2. The zero-order valence-electron chi connectivity index (χ0n) is 10.9. The molecule has 0 unspecified atom stereocenters. The minimum atomic E-state index is -3.88. The largest absolute Gasteiger partial charge is 0.492 e. The lowest BCUT2D eigenvalue weighted by molar-refractivity contribution is 0.388. The molecule has 114 valence electrons. The van der Waals surface area contributed by atoms with Gasteiger partial charge in [0.25, 0.3) is 0 Å². The van der Waals surface area contributed by atoms with Crippen LogP contribution in [0.2, 0.25) is 4.34 Å². The van der Waals surface area contributed by atoms with Crippen LogP contribution < -0.4 is 15.2 Å². The minimum absolute atomic E-state index is 0.0628. The number of hydrogen-bond donors (Lipinski definition) is 2. The molecule has 3 N–H and O–H groups in total. The van der Waals surface area contributed by atoms with Gasteiger partial charge in [-0.05, 0) is 24.3 Å². The molecule has 1 heterocycles. The number of rotatable bonds is 5. The monoisotopic (exact) mass is 350 g/mol. The summed E-state index contributed by atoms with van der Waals surface area (Å²) in [5, 5.41) is 0. The average molecular weight is 351 g/mol. The molecule has 5 nitrogen and oxygen atoms in total. The lowest BCUT2D eigenvalue weighted by Gasteiger charge is -2.10. The molecule has 0 aliphatic carbocycles. The van der Waals surface area contributed by atoms with Gasteiger partial charge in [0.2, 0.25) is 10.0 Å². The fraction of sp³-hybridized carbons (Fsp3) is 0.167. The van der Waals surface area contributed by atoms with Gasteiger partial charge in [-0.2, -0.15) is 0 Å². The molecule has 0 amide bonds. The topological polar surface area (TPSA) is 81.4 Å². The first-order valence-electron chi connectivity index (χ1n) is 5.70. The summed E-state index contributed by atoms with van der Waals surface area (Å²) < 4.78 is 45.6. The molecule has 0 bridgehead atoms. The van der Waals surface area contributed by atoms with Crippen LogP contribution in [0.5, 0.6) is 5.75 Å². The van der Waals surface area contributed by atoms with E-state index in [1.807, 2.05) is 0 Å². The second kappa shape index (κ2) is 6.18. The van der Waals surface area contributed by atoms with Crippen molar-refractivity contribution < 1.29 is 17.5 Å². The highest BCUT2D eigenvalue weighted by atomic mass is 35.5. The molecular weight excluding hydrogens is 339 g/mol. The summed E-state index contributed by atoms with van der Waals surface area (Å²) in [5.41, 5.74) is 5.48. The summed E-state index contributed by atoms with van der Waals surface area (Å²) in [5.74, 6) is -1.02. The van der Waals surface area contributed by atoms with Gasteiger partial charge in [-0.15, -0.1) is 11.3 Å². The first-order valence-corrected chi connectivity index (χ1v) is 8.38. The van der Waals surface area contributed by atoms with E-state index in [1.165, 1.54) is 18.4 Å². The van der Waals surface area contributed by atoms with Gasteiger partial charge >= 0.3 is 0 Å². The average Bonchev–Trinajstić information content (AvgIpc) is 2.82. The third-order valence-corrected chi connectivity index (χ3v) is 5.24. The molecule has 2 rings (SSSR count). The Morgan fingerprint density at radius 2 is 2.14 bits per heavy atom. The third-order valence-electron chi connectivity index (χ3n) is 2.63. The van der Waals surface area contributed by atoms with E-state index in [1.54, 1.807) is 12.1 Å². The molecule has 0 radical (unpaired) electrons. The maximum absolute atomic E-state index is 13.7. The Morgan fingerprint density at radius 3 is 2.67 bits per heavy atom. The number of ether oxygens (including phenoxy) is 1. The molecule has 21 heavy (non-hydrogen) atoms. The van der Waals surface area contributed by atoms with Crippen molar-refractivity contribution in [2.24, 2.45) is 0 Å². The summed E-state index contributed by atoms with van der Waals surface area (Å²) in [6.45, 7) is 0.0628. The second-order valence-electron chi connectivity index (χ2n) is 4.06. The molecule has 1 aromatic carbocycles. The minimum Gasteiger partial charge on any atom is -0.492 e. The van der Waals surface area contributed by atoms with Crippen LogP contribution in [-0.2, 0) is 16.6 Å². The van der Waals surface area contributed by atoms with Crippen LogP contribution in [0.1, 0.15) is 4.88 Å². The smallest absolute Gasteiger partial charge is 0.241 e. The number of methoxy groups -OCH3 is 1. The highest BCUT2D eigenvalue weighted by Gasteiger charge is 2.19. The Morgan fingerprint density at radius 1 is 1.43 bits per heavy atom. The molecular formula is C12H12ClFN2O3S2. The molecule has 1 aromatic heterocycles.